The molecule has 1 saturated carbocycles. The van der Waals surface area contributed by atoms with Gasteiger partial charge in [0.2, 0.25) is 0 Å². The first-order valence-corrected chi connectivity index (χ1v) is 9.61. The van der Waals surface area contributed by atoms with Gasteiger partial charge in [-0.3, -0.25) is 4.79 Å². The van der Waals surface area contributed by atoms with E-state index in [4.69, 9.17) is 4.42 Å². The van der Waals surface area contributed by atoms with Gasteiger partial charge in [-0.1, -0.05) is 24.6 Å². The number of carbonyl (C=O) groups excluding carboxylic acids is 1. The maximum atomic E-state index is 12.7. The molecule has 1 fully saturated rings. The van der Waals surface area contributed by atoms with Gasteiger partial charge in [0.1, 0.15) is 29.0 Å². The summed E-state index contributed by atoms with van der Waals surface area (Å²) in [5.41, 5.74) is 2.70. The number of rotatable bonds is 5. The van der Waals surface area contributed by atoms with E-state index >= 15 is 0 Å². The van der Waals surface area contributed by atoms with Crippen LogP contribution < -0.4 is 5.32 Å². The topological polar surface area (TPSA) is 83.9 Å². The van der Waals surface area contributed by atoms with Crippen LogP contribution >= 0.6 is 0 Å². The molecule has 0 bridgehead atoms. The molecule has 6 nitrogen and oxygen atoms in total. The van der Waals surface area contributed by atoms with Gasteiger partial charge >= 0.3 is 0 Å². The Balaban J connectivity index is 1.56. The summed E-state index contributed by atoms with van der Waals surface area (Å²) in [7, 11) is 0. The van der Waals surface area contributed by atoms with Gasteiger partial charge in [0.15, 0.2) is 0 Å². The summed E-state index contributed by atoms with van der Waals surface area (Å²) in [6.45, 7) is 6.04. The van der Waals surface area contributed by atoms with E-state index in [1.807, 2.05) is 50.2 Å². The number of hydrogen-bond acceptors (Lipinski definition) is 4. The summed E-state index contributed by atoms with van der Waals surface area (Å²) in [5.74, 6) is 2.50. The molecule has 3 aromatic rings. The number of benzene rings is 1. The minimum atomic E-state index is -0.501. The van der Waals surface area contributed by atoms with E-state index in [1.165, 1.54) is 6.08 Å². The maximum absolute atomic E-state index is 12.7. The summed E-state index contributed by atoms with van der Waals surface area (Å²) in [5, 5.41) is 16.7. The van der Waals surface area contributed by atoms with Crippen molar-refractivity contribution in [3.05, 3.63) is 70.8 Å². The van der Waals surface area contributed by atoms with Crippen molar-refractivity contribution in [3.8, 4) is 11.8 Å². The van der Waals surface area contributed by atoms with E-state index in [0.29, 0.717) is 23.4 Å². The first kappa shape index (κ1) is 18.8. The first-order valence-electron chi connectivity index (χ1n) is 9.61. The molecule has 0 spiro atoms. The van der Waals surface area contributed by atoms with Crippen LogP contribution in [0.3, 0.4) is 0 Å². The second-order valence-electron chi connectivity index (χ2n) is 7.60. The number of nitriles is 1. The SMILES string of the molecule is Cc1ccc(-n2nc(C)cc2NC(=O)/C(C#N)=C/c2ccc([C@@H]3C[C@@H]3C)o2)cc1. The molecule has 0 aliphatic heterocycles. The lowest BCUT2D eigenvalue weighted by Crippen LogP contribution is -2.16. The van der Waals surface area contributed by atoms with E-state index in [1.54, 1.807) is 16.8 Å². The molecule has 1 amide bonds. The van der Waals surface area contributed by atoms with Crippen molar-refractivity contribution in [2.45, 2.75) is 33.1 Å². The third kappa shape index (κ3) is 3.99. The zero-order valence-corrected chi connectivity index (χ0v) is 16.6. The third-order valence-electron chi connectivity index (χ3n) is 5.13. The number of carbonyl (C=O) groups is 1. The molecular formula is C23H22N4O2. The van der Waals surface area contributed by atoms with Crippen molar-refractivity contribution in [3.63, 3.8) is 0 Å². The van der Waals surface area contributed by atoms with Crippen LogP contribution in [0.1, 0.15) is 42.0 Å². The summed E-state index contributed by atoms with van der Waals surface area (Å²) >= 11 is 0. The average molecular weight is 386 g/mol. The molecule has 1 N–H and O–H groups in total. The molecule has 1 aliphatic rings. The number of nitrogens with one attached hydrogen (secondary N) is 1. The van der Waals surface area contributed by atoms with E-state index in [-0.39, 0.29) is 5.57 Å². The number of hydrogen-bond donors (Lipinski definition) is 1. The largest absolute Gasteiger partial charge is 0.461 e. The smallest absolute Gasteiger partial charge is 0.267 e. The highest BCUT2D eigenvalue weighted by Gasteiger charge is 2.36. The van der Waals surface area contributed by atoms with Crippen LogP contribution in [-0.4, -0.2) is 15.7 Å². The van der Waals surface area contributed by atoms with Gasteiger partial charge < -0.3 is 9.73 Å². The minimum Gasteiger partial charge on any atom is -0.461 e. The number of anilines is 1. The average Bonchev–Trinajstić information content (AvgIpc) is 3.09. The Morgan fingerprint density at radius 1 is 1.28 bits per heavy atom. The Kier molecular flexibility index (Phi) is 4.81. The van der Waals surface area contributed by atoms with Gasteiger partial charge in [-0.05, 0) is 50.5 Å². The van der Waals surface area contributed by atoms with Gasteiger partial charge in [0, 0.05) is 18.1 Å². The second kappa shape index (κ2) is 7.44. The zero-order valence-electron chi connectivity index (χ0n) is 16.6. The van der Waals surface area contributed by atoms with Crippen LogP contribution in [0.4, 0.5) is 5.82 Å². The third-order valence-corrected chi connectivity index (χ3v) is 5.13. The first-order chi connectivity index (χ1) is 13.9. The molecule has 2 heterocycles. The van der Waals surface area contributed by atoms with Crippen LogP contribution in [0.25, 0.3) is 11.8 Å². The summed E-state index contributed by atoms with van der Waals surface area (Å²) < 4.78 is 7.45. The second-order valence-corrected chi connectivity index (χ2v) is 7.60. The van der Waals surface area contributed by atoms with Crippen LogP contribution in [0.2, 0.25) is 0 Å². The summed E-state index contributed by atoms with van der Waals surface area (Å²) in [6, 6.07) is 15.3. The standard InChI is InChI=1S/C23H22N4O2/c1-14-4-6-18(7-5-14)27-22(11-16(3)26-27)25-23(28)17(13-24)12-19-8-9-21(29-19)20-10-15(20)2/h4-9,11-12,15,20H,10H2,1-3H3,(H,25,28)/b17-12+/t15-,20+/m0/s1. The van der Waals surface area contributed by atoms with Crippen molar-refractivity contribution < 1.29 is 9.21 Å². The van der Waals surface area contributed by atoms with Crippen molar-refractivity contribution in [2.24, 2.45) is 5.92 Å². The lowest BCUT2D eigenvalue weighted by molar-refractivity contribution is -0.112. The molecule has 0 unspecified atom stereocenters. The number of aromatic nitrogens is 2. The molecular weight excluding hydrogens is 364 g/mol. The summed E-state index contributed by atoms with van der Waals surface area (Å²) in [6.07, 6.45) is 2.59. The van der Waals surface area contributed by atoms with Gasteiger partial charge in [-0.2, -0.15) is 10.4 Å². The minimum absolute atomic E-state index is 0.0240. The van der Waals surface area contributed by atoms with Crippen LogP contribution in [-0.2, 0) is 4.79 Å². The highest BCUT2D eigenvalue weighted by molar-refractivity contribution is 6.09. The van der Waals surface area contributed by atoms with Crippen molar-refractivity contribution in [1.82, 2.24) is 9.78 Å². The number of amides is 1. The number of aryl methyl sites for hydroxylation is 2. The van der Waals surface area contributed by atoms with Crippen LogP contribution in [0.15, 0.2) is 52.5 Å². The Morgan fingerprint density at radius 2 is 2.00 bits per heavy atom. The lowest BCUT2D eigenvalue weighted by atomic mass is 10.2. The van der Waals surface area contributed by atoms with Gasteiger partial charge in [0.05, 0.1) is 11.4 Å². The van der Waals surface area contributed by atoms with Crippen molar-refractivity contribution in [2.75, 3.05) is 5.32 Å². The molecule has 0 saturated heterocycles. The normalized spacial score (nSPS) is 18.3. The Morgan fingerprint density at radius 3 is 2.66 bits per heavy atom. The van der Waals surface area contributed by atoms with E-state index in [0.717, 1.165) is 29.1 Å². The molecule has 146 valence electrons. The van der Waals surface area contributed by atoms with E-state index in [9.17, 15) is 10.1 Å². The maximum Gasteiger partial charge on any atom is 0.267 e. The Bertz CT molecular complexity index is 1130. The highest BCUT2D eigenvalue weighted by atomic mass is 16.3. The van der Waals surface area contributed by atoms with E-state index in [2.05, 4.69) is 17.3 Å². The molecule has 2 atom stereocenters. The molecule has 29 heavy (non-hydrogen) atoms. The quantitative estimate of drug-likeness (QED) is 0.506. The fraction of sp³-hybridized carbons (Fsp3) is 0.261. The van der Waals surface area contributed by atoms with Crippen molar-refractivity contribution >= 4 is 17.8 Å². The van der Waals surface area contributed by atoms with Crippen LogP contribution in [0.5, 0.6) is 0 Å². The lowest BCUT2D eigenvalue weighted by Gasteiger charge is -2.08. The van der Waals surface area contributed by atoms with Gasteiger partial charge in [-0.15, -0.1) is 0 Å². The Labute approximate surface area is 169 Å². The Hall–Kier alpha value is -3.59. The van der Waals surface area contributed by atoms with Crippen LogP contribution in [0, 0.1) is 31.1 Å². The fourth-order valence-corrected chi connectivity index (χ4v) is 3.31. The molecule has 6 heteroatoms. The van der Waals surface area contributed by atoms with Gasteiger partial charge in [-0.25, -0.2) is 4.68 Å². The van der Waals surface area contributed by atoms with Crippen molar-refractivity contribution in [1.29, 1.82) is 5.26 Å². The molecule has 0 radical (unpaired) electrons. The molecule has 1 aliphatic carbocycles. The number of nitrogens with zero attached hydrogens (tertiary/aromatic N) is 3. The molecule has 1 aromatic carbocycles. The monoisotopic (exact) mass is 386 g/mol. The molecule has 2 aromatic heterocycles. The summed E-state index contributed by atoms with van der Waals surface area (Å²) in [4.78, 5) is 12.7. The fourth-order valence-electron chi connectivity index (χ4n) is 3.31. The zero-order chi connectivity index (χ0) is 20.5. The van der Waals surface area contributed by atoms with Gasteiger partial charge in [0.25, 0.3) is 5.91 Å². The van der Waals surface area contributed by atoms with E-state index < -0.39 is 5.91 Å². The highest BCUT2D eigenvalue weighted by Crippen LogP contribution is 2.47. The predicted octanol–water partition coefficient (Wildman–Crippen LogP) is 4.75. The predicted molar refractivity (Wildman–Crippen MR) is 110 cm³/mol. The number of furan rings is 1. The molecule has 4 rings (SSSR count).